The second kappa shape index (κ2) is 4.97. The summed E-state index contributed by atoms with van der Waals surface area (Å²) >= 11 is 1.49. The molecule has 2 saturated heterocycles. The summed E-state index contributed by atoms with van der Waals surface area (Å²) in [6, 6.07) is 0.0296. The normalized spacial score (nSPS) is 45.2. The van der Waals surface area contributed by atoms with Crippen LogP contribution in [0.5, 0.6) is 0 Å². The van der Waals surface area contributed by atoms with Gasteiger partial charge < -0.3 is 20.3 Å². The number of hydrogen-bond acceptors (Lipinski definition) is 5. The molecule has 0 aliphatic carbocycles. The van der Waals surface area contributed by atoms with Gasteiger partial charge >= 0.3 is 0 Å². The summed E-state index contributed by atoms with van der Waals surface area (Å²) in [6.45, 7) is 5.47. The molecule has 2 fully saturated rings. The number of hydrogen-bond donors (Lipinski definition) is 3. The molecule has 5 nitrogen and oxygen atoms in total. The van der Waals surface area contributed by atoms with Gasteiger partial charge in [0.05, 0.1) is 12.1 Å². The van der Waals surface area contributed by atoms with Gasteiger partial charge in [-0.15, -0.1) is 6.58 Å². The van der Waals surface area contributed by atoms with Crippen molar-refractivity contribution in [2.75, 3.05) is 7.05 Å². The molecule has 0 bridgehead atoms. The first-order chi connectivity index (χ1) is 8.08. The number of aliphatic hydroxyl groups is 2. The van der Waals surface area contributed by atoms with Crippen molar-refractivity contribution in [2.45, 2.75) is 36.7 Å². The summed E-state index contributed by atoms with van der Waals surface area (Å²) in [4.78, 5) is 4.09. The van der Waals surface area contributed by atoms with E-state index < -0.39 is 18.3 Å². The molecule has 0 radical (unpaired) electrons. The number of fused-ring (bicyclic) bond motifs is 1. The molecule has 6 heteroatoms. The van der Waals surface area contributed by atoms with Crippen LogP contribution in [-0.4, -0.2) is 52.2 Å². The molecule has 3 N–H and O–H groups in total. The Morgan fingerprint density at radius 1 is 1.65 bits per heavy atom. The Morgan fingerprint density at radius 2 is 2.35 bits per heavy atom. The number of rotatable bonds is 2. The van der Waals surface area contributed by atoms with Gasteiger partial charge in [-0.2, -0.15) is 0 Å². The number of aliphatic hydroxyl groups excluding tert-OH is 2. The van der Waals surface area contributed by atoms with E-state index in [1.165, 1.54) is 17.8 Å². The van der Waals surface area contributed by atoms with Gasteiger partial charge in [0.1, 0.15) is 17.6 Å². The highest BCUT2D eigenvalue weighted by atomic mass is 32.2. The van der Waals surface area contributed by atoms with Crippen molar-refractivity contribution >= 4 is 16.9 Å². The van der Waals surface area contributed by atoms with Gasteiger partial charge in [-0.05, 0) is 0 Å². The molecule has 2 rings (SSSR count). The van der Waals surface area contributed by atoms with Crippen LogP contribution >= 0.6 is 11.8 Å². The maximum atomic E-state index is 10.1. The first-order valence-corrected chi connectivity index (χ1v) is 6.50. The average molecular weight is 258 g/mol. The summed E-state index contributed by atoms with van der Waals surface area (Å²) in [5.41, 5.74) is -0.119. The quantitative estimate of drug-likeness (QED) is 0.605. The molecule has 96 valence electrons. The Labute approximate surface area is 105 Å². The van der Waals surface area contributed by atoms with Crippen molar-refractivity contribution in [1.29, 1.82) is 0 Å². The van der Waals surface area contributed by atoms with E-state index in [0.29, 0.717) is 0 Å². The lowest BCUT2D eigenvalue weighted by molar-refractivity contribution is -0.154. The smallest absolute Gasteiger partial charge is 0.159 e. The highest BCUT2D eigenvalue weighted by Crippen LogP contribution is 2.37. The lowest BCUT2D eigenvalue weighted by atomic mass is 9.87. The minimum Gasteiger partial charge on any atom is -0.390 e. The van der Waals surface area contributed by atoms with Crippen molar-refractivity contribution < 1.29 is 14.9 Å². The van der Waals surface area contributed by atoms with Crippen molar-refractivity contribution in [3.05, 3.63) is 12.7 Å². The Bertz CT molecular complexity index is 337. The van der Waals surface area contributed by atoms with Gasteiger partial charge in [-0.3, -0.25) is 4.99 Å². The Morgan fingerprint density at radius 3 is 2.94 bits per heavy atom. The summed E-state index contributed by atoms with van der Waals surface area (Å²) < 4.78 is 5.73. The number of aliphatic imine (C=N–C) groups is 1. The maximum absolute atomic E-state index is 10.1. The summed E-state index contributed by atoms with van der Waals surface area (Å²) in [7, 11) is 1.71. The highest BCUT2D eigenvalue weighted by Gasteiger charge is 2.48. The third-order valence-corrected chi connectivity index (χ3v) is 4.49. The van der Waals surface area contributed by atoms with Crippen LogP contribution in [-0.2, 0) is 4.74 Å². The van der Waals surface area contributed by atoms with Crippen LogP contribution in [0, 0.1) is 5.92 Å². The standard InChI is InChI=1S/C11H18N2O3S/c1-4-6(14)9-8(15)5(2)7-10(16-9)17-11(12-3)13-7/h4-10,14-15H,1H2,2-3H3,(H,12,13)/t5-,6-,7-,8+,9-,10-/m1/s1. The largest absolute Gasteiger partial charge is 0.390 e. The fourth-order valence-corrected chi connectivity index (χ4v) is 3.38. The van der Waals surface area contributed by atoms with Gasteiger partial charge in [0, 0.05) is 13.0 Å². The molecular weight excluding hydrogens is 240 g/mol. The van der Waals surface area contributed by atoms with Gasteiger partial charge in [0.15, 0.2) is 5.17 Å². The van der Waals surface area contributed by atoms with E-state index >= 15 is 0 Å². The molecule has 0 spiro atoms. The van der Waals surface area contributed by atoms with E-state index in [4.69, 9.17) is 4.74 Å². The monoisotopic (exact) mass is 258 g/mol. The van der Waals surface area contributed by atoms with E-state index in [1.807, 2.05) is 6.92 Å². The third kappa shape index (κ3) is 2.22. The highest BCUT2D eigenvalue weighted by molar-refractivity contribution is 8.14. The summed E-state index contributed by atoms with van der Waals surface area (Å²) in [6.07, 6.45) is -0.789. The fraction of sp³-hybridized carbons (Fsp3) is 0.727. The van der Waals surface area contributed by atoms with Crippen LogP contribution in [0.15, 0.2) is 17.6 Å². The van der Waals surface area contributed by atoms with Crippen molar-refractivity contribution in [3.8, 4) is 0 Å². The van der Waals surface area contributed by atoms with Crippen LogP contribution in [0.1, 0.15) is 6.92 Å². The Hall–Kier alpha value is -0.560. The maximum Gasteiger partial charge on any atom is 0.159 e. The van der Waals surface area contributed by atoms with Gasteiger partial charge in [-0.25, -0.2) is 0 Å². The molecule has 2 heterocycles. The fourth-order valence-electron chi connectivity index (χ4n) is 2.20. The molecule has 0 amide bonds. The van der Waals surface area contributed by atoms with Gasteiger partial charge in [-0.1, -0.05) is 24.8 Å². The van der Waals surface area contributed by atoms with Crippen LogP contribution in [0.3, 0.4) is 0 Å². The second-order valence-corrected chi connectivity index (χ2v) is 5.45. The molecule has 2 aliphatic heterocycles. The van der Waals surface area contributed by atoms with Crippen molar-refractivity contribution in [3.63, 3.8) is 0 Å². The van der Waals surface area contributed by atoms with Crippen LogP contribution in [0.25, 0.3) is 0 Å². The molecule has 0 aromatic carbocycles. The van der Waals surface area contributed by atoms with Gasteiger partial charge in [0.25, 0.3) is 0 Å². The van der Waals surface area contributed by atoms with E-state index in [2.05, 4.69) is 16.9 Å². The molecule has 17 heavy (non-hydrogen) atoms. The molecule has 2 aliphatic rings. The molecule has 0 saturated carbocycles. The third-order valence-electron chi connectivity index (χ3n) is 3.33. The van der Waals surface area contributed by atoms with E-state index in [-0.39, 0.29) is 17.4 Å². The molecular formula is C11H18N2O3S. The van der Waals surface area contributed by atoms with Crippen molar-refractivity contribution in [1.82, 2.24) is 5.32 Å². The van der Waals surface area contributed by atoms with Crippen molar-refractivity contribution in [2.24, 2.45) is 10.9 Å². The molecule has 6 atom stereocenters. The minimum atomic E-state index is -0.850. The van der Waals surface area contributed by atoms with Gasteiger partial charge in [0.2, 0.25) is 0 Å². The van der Waals surface area contributed by atoms with E-state index in [9.17, 15) is 10.2 Å². The predicted octanol–water partition coefficient (Wildman–Crippen LogP) is -0.0540. The van der Waals surface area contributed by atoms with Crippen LogP contribution in [0.2, 0.25) is 0 Å². The number of nitrogens with zero attached hydrogens (tertiary/aromatic N) is 1. The molecule has 0 aromatic heterocycles. The second-order valence-electron chi connectivity index (χ2n) is 4.36. The molecule has 0 unspecified atom stereocenters. The predicted molar refractivity (Wildman–Crippen MR) is 67.9 cm³/mol. The number of nitrogens with one attached hydrogen (secondary N) is 1. The Balaban J connectivity index is 2.16. The zero-order chi connectivity index (χ0) is 12.6. The van der Waals surface area contributed by atoms with E-state index in [0.717, 1.165) is 5.17 Å². The lowest BCUT2D eigenvalue weighted by Gasteiger charge is -2.41. The zero-order valence-electron chi connectivity index (χ0n) is 9.91. The average Bonchev–Trinajstić information content (AvgIpc) is 2.76. The minimum absolute atomic E-state index is 0.0138. The SMILES string of the molecule is C=C[C@@H](O)[C@H]1O[C@@H]2SC(=NC)N[C@@H]2[C@@H](C)[C@@H]1O. The van der Waals surface area contributed by atoms with E-state index in [1.54, 1.807) is 7.05 Å². The number of thioether (sulfide) groups is 1. The zero-order valence-corrected chi connectivity index (χ0v) is 10.7. The molecule has 0 aromatic rings. The Kier molecular flexibility index (Phi) is 3.77. The lowest BCUT2D eigenvalue weighted by Crippen LogP contribution is -2.57. The summed E-state index contributed by atoms with van der Waals surface area (Å²) in [5, 5.41) is 23.9. The van der Waals surface area contributed by atoms with Crippen LogP contribution < -0.4 is 5.32 Å². The first-order valence-electron chi connectivity index (χ1n) is 5.62. The number of amidine groups is 1. The van der Waals surface area contributed by atoms with Crippen LogP contribution in [0.4, 0.5) is 0 Å². The first kappa shape index (κ1) is 12.9. The summed E-state index contributed by atoms with van der Waals surface area (Å²) in [5.74, 6) is -0.0138. The number of ether oxygens (including phenoxy) is 1. The topological polar surface area (TPSA) is 74.1 Å².